The third kappa shape index (κ3) is 2.12. The predicted octanol–water partition coefficient (Wildman–Crippen LogP) is 2.23. The summed E-state index contributed by atoms with van der Waals surface area (Å²) in [5, 5.41) is 9.56. The van der Waals surface area contributed by atoms with Gasteiger partial charge in [-0.3, -0.25) is 0 Å². The van der Waals surface area contributed by atoms with Crippen LogP contribution in [-0.4, -0.2) is 22.9 Å². The van der Waals surface area contributed by atoms with E-state index in [1.54, 1.807) is 23.1 Å². The molecule has 17 heavy (non-hydrogen) atoms. The van der Waals surface area contributed by atoms with Gasteiger partial charge in [0.25, 0.3) is 0 Å². The maximum absolute atomic E-state index is 5.35. The molecule has 0 spiro atoms. The van der Waals surface area contributed by atoms with Crippen LogP contribution in [0.2, 0.25) is 0 Å². The molecular weight excluding hydrogens is 254 g/mol. The average Bonchev–Trinajstić information content (AvgIpc) is 2.96. The zero-order valence-electron chi connectivity index (χ0n) is 9.47. The zero-order chi connectivity index (χ0) is 11.7. The van der Waals surface area contributed by atoms with Gasteiger partial charge >= 0.3 is 0 Å². The van der Waals surface area contributed by atoms with Gasteiger partial charge in [-0.2, -0.15) is 16.7 Å². The third-order valence-electron chi connectivity index (χ3n) is 2.80. The quantitative estimate of drug-likeness (QED) is 0.924. The Morgan fingerprint density at radius 3 is 3.47 bits per heavy atom. The van der Waals surface area contributed by atoms with Crippen LogP contribution in [0.15, 0.2) is 16.0 Å². The molecule has 0 aliphatic carbocycles. The minimum atomic E-state index is 0.0770. The van der Waals surface area contributed by atoms with E-state index in [2.05, 4.69) is 26.9 Å². The van der Waals surface area contributed by atoms with Crippen molar-refractivity contribution in [2.24, 2.45) is 0 Å². The number of thiophene rings is 1. The Hall–Kier alpha value is -0.850. The number of rotatable bonds is 3. The topological polar surface area (TPSA) is 51.0 Å². The summed E-state index contributed by atoms with van der Waals surface area (Å²) in [5.41, 5.74) is 1.29. The van der Waals surface area contributed by atoms with E-state index in [0.29, 0.717) is 5.89 Å². The van der Waals surface area contributed by atoms with Crippen molar-refractivity contribution in [1.82, 2.24) is 15.5 Å². The number of fused-ring (bicyclic) bond motifs is 1. The van der Waals surface area contributed by atoms with E-state index < -0.39 is 0 Å². The van der Waals surface area contributed by atoms with Crippen LogP contribution < -0.4 is 5.32 Å². The first kappa shape index (κ1) is 11.3. The van der Waals surface area contributed by atoms with Crippen LogP contribution >= 0.6 is 23.1 Å². The van der Waals surface area contributed by atoms with Crippen LogP contribution in [0.3, 0.4) is 0 Å². The van der Waals surface area contributed by atoms with Gasteiger partial charge in [0.05, 0.1) is 5.75 Å². The van der Waals surface area contributed by atoms with E-state index in [1.165, 1.54) is 10.4 Å². The molecule has 0 bridgehead atoms. The molecule has 0 amide bonds. The number of nitrogens with one attached hydrogen (secondary N) is 1. The lowest BCUT2D eigenvalue weighted by molar-refractivity contribution is 0.342. The Kier molecular flexibility index (Phi) is 3.17. The maximum Gasteiger partial charge on any atom is 0.248 e. The third-order valence-corrected chi connectivity index (χ3v) is 4.34. The van der Waals surface area contributed by atoms with Gasteiger partial charge in [0.15, 0.2) is 5.82 Å². The Labute approximate surface area is 108 Å². The van der Waals surface area contributed by atoms with Gasteiger partial charge in [-0.25, -0.2) is 0 Å². The van der Waals surface area contributed by atoms with E-state index in [4.69, 9.17) is 4.52 Å². The van der Waals surface area contributed by atoms with Crippen molar-refractivity contribution in [1.29, 1.82) is 0 Å². The molecule has 1 N–H and O–H groups in total. The van der Waals surface area contributed by atoms with Crippen LogP contribution in [0.4, 0.5) is 0 Å². The molecule has 6 heteroatoms. The number of hydrogen-bond acceptors (Lipinski definition) is 6. The van der Waals surface area contributed by atoms with E-state index in [0.717, 1.165) is 24.5 Å². The summed E-state index contributed by atoms with van der Waals surface area (Å²) in [7, 11) is 0. The molecule has 3 rings (SSSR count). The first-order chi connectivity index (χ1) is 8.38. The van der Waals surface area contributed by atoms with Gasteiger partial charge in [0.1, 0.15) is 6.04 Å². The average molecular weight is 267 g/mol. The highest BCUT2D eigenvalue weighted by Crippen LogP contribution is 2.31. The highest BCUT2D eigenvalue weighted by Gasteiger charge is 2.26. The molecule has 0 saturated heterocycles. The molecule has 4 nitrogen and oxygen atoms in total. The van der Waals surface area contributed by atoms with Gasteiger partial charge in [-0.1, -0.05) is 5.16 Å². The fourth-order valence-corrected chi connectivity index (χ4v) is 3.34. The second kappa shape index (κ2) is 4.80. The lowest BCUT2D eigenvalue weighted by Crippen LogP contribution is -2.29. The molecule has 1 aliphatic heterocycles. The summed E-state index contributed by atoms with van der Waals surface area (Å²) < 4.78 is 5.35. The second-order valence-corrected chi connectivity index (χ2v) is 5.78. The van der Waals surface area contributed by atoms with Gasteiger partial charge in [-0.15, -0.1) is 11.3 Å². The highest BCUT2D eigenvalue weighted by atomic mass is 32.2. The monoisotopic (exact) mass is 267 g/mol. The molecule has 3 heterocycles. The lowest BCUT2D eigenvalue weighted by atomic mass is 10.0. The number of nitrogens with zero attached hydrogens (tertiary/aromatic N) is 2. The van der Waals surface area contributed by atoms with Gasteiger partial charge < -0.3 is 9.84 Å². The summed E-state index contributed by atoms with van der Waals surface area (Å²) >= 11 is 3.51. The molecule has 1 unspecified atom stereocenters. The first-order valence-electron chi connectivity index (χ1n) is 5.49. The van der Waals surface area contributed by atoms with Gasteiger partial charge in [-0.05, 0) is 29.7 Å². The number of aromatic nitrogens is 2. The normalized spacial score (nSPS) is 19.2. The van der Waals surface area contributed by atoms with Crippen molar-refractivity contribution in [3.8, 4) is 0 Å². The standard InChI is InChI=1S/C11H13N3OS2/c1-16-6-9-13-11(15-14-9)10-7-3-5-17-8(7)2-4-12-10/h3,5,10,12H,2,4,6H2,1H3. The Morgan fingerprint density at radius 2 is 2.59 bits per heavy atom. The summed E-state index contributed by atoms with van der Waals surface area (Å²) in [6.07, 6.45) is 3.13. The van der Waals surface area contributed by atoms with E-state index >= 15 is 0 Å². The van der Waals surface area contributed by atoms with Crippen LogP contribution in [0.25, 0.3) is 0 Å². The molecule has 0 fully saturated rings. The second-order valence-electron chi connectivity index (χ2n) is 3.92. The molecule has 0 radical (unpaired) electrons. The van der Waals surface area contributed by atoms with Crippen molar-refractivity contribution in [3.63, 3.8) is 0 Å². The zero-order valence-corrected chi connectivity index (χ0v) is 11.1. The lowest BCUT2D eigenvalue weighted by Gasteiger charge is -2.20. The minimum absolute atomic E-state index is 0.0770. The van der Waals surface area contributed by atoms with Gasteiger partial charge in [0, 0.05) is 11.4 Å². The van der Waals surface area contributed by atoms with Crippen molar-refractivity contribution in [3.05, 3.63) is 33.6 Å². The summed E-state index contributed by atoms with van der Waals surface area (Å²) in [5.74, 6) is 2.26. The number of thioether (sulfide) groups is 1. The van der Waals surface area contributed by atoms with Crippen molar-refractivity contribution >= 4 is 23.1 Å². The summed E-state index contributed by atoms with van der Waals surface area (Å²) in [6, 6.07) is 2.23. The van der Waals surface area contributed by atoms with E-state index in [-0.39, 0.29) is 6.04 Å². The predicted molar refractivity (Wildman–Crippen MR) is 69.4 cm³/mol. The smallest absolute Gasteiger partial charge is 0.248 e. The van der Waals surface area contributed by atoms with Crippen molar-refractivity contribution < 1.29 is 4.52 Å². The van der Waals surface area contributed by atoms with Crippen LogP contribution in [0.1, 0.15) is 28.2 Å². The SMILES string of the molecule is CSCc1noc(C2NCCc3sccc32)n1. The molecule has 1 atom stereocenters. The van der Waals surface area contributed by atoms with Gasteiger partial charge in [0.2, 0.25) is 5.89 Å². The van der Waals surface area contributed by atoms with Crippen LogP contribution in [0.5, 0.6) is 0 Å². The molecule has 1 aliphatic rings. The van der Waals surface area contributed by atoms with E-state index in [1.807, 2.05) is 6.26 Å². The molecular formula is C11H13N3OS2. The summed E-state index contributed by atoms with van der Waals surface area (Å²) in [4.78, 5) is 5.87. The first-order valence-corrected chi connectivity index (χ1v) is 7.77. The van der Waals surface area contributed by atoms with Crippen molar-refractivity contribution in [2.45, 2.75) is 18.2 Å². The molecule has 0 saturated carbocycles. The van der Waals surface area contributed by atoms with Crippen LogP contribution in [-0.2, 0) is 12.2 Å². The van der Waals surface area contributed by atoms with Crippen LogP contribution in [0, 0.1) is 0 Å². The largest absolute Gasteiger partial charge is 0.337 e. The Morgan fingerprint density at radius 1 is 1.65 bits per heavy atom. The fraction of sp³-hybridized carbons (Fsp3) is 0.455. The maximum atomic E-state index is 5.35. The highest BCUT2D eigenvalue weighted by molar-refractivity contribution is 7.97. The fourth-order valence-electron chi connectivity index (χ4n) is 2.04. The Balaban J connectivity index is 1.90. The summed E-state index contributed by atoms with van der Waals surface area (Å²) in [6.45, 7) is 0.971. The molecule has 2 aromatic heterocycles. The molecule has 90 valence electrons. The Bertz CT molecular complexity index is 508. The number of hydrogen-bond donors (Lipinski definition) is 1. The van der Waals surface area contributed by atoms with E-state index in [9.17, 15) is 0 Å². The molecule has 0 aromatic carbocycles. The van der Waals surface area contributed by atoms with Crippen molar-refractivity contribution in [2.75, 3.05) is 12.8 Å². The molecule has 2 aromatic rings. The minimum Gasteiger partial charge on any atom is -0.337 e.